The molecular weight excluding hydrogens is 270 g/mol. The van der Waals surface area contributed by atoms with Crippen molar-refractivity contribution < 1.29 is 9.84 Å². The molecule has 2 atom stereocenters. The molecule has 0 aliphatic carbocycles. The zero-order valence-corrected chi connectivity index (χ0v) is 14.0. The van der Waals surface area contributed by atoms with E-state index in [-0.39, 0.29) is 11.4 Å². The zero-order chi connectivity index (χ0) is 15.1. The number of hydrogen-bond donors (Lipinski definition) is 2. The molecule has 0 saturated heterocycles. The van der Waals surface area contributed by atoms with Crippen LogP contribution in [-0.2, 0) is 12.3 Å². The van der Waals surface area contributed by atoms with Gasteiger partial charge in [0.2, 0.25) is 0 Å². The van der Waals surface area contributed by atoms with Crippen molar-refractivity contribution in [2.45, 2.75) is 57.4 Å². The Hall–Kier alpha value is -0.710. The Kier molecular flexibility index (Phi) is 7.41. The summed E-state index contributed by atoms with van der Waals surface area (Å²) in [6, 6.07) is 6.79. The summed E-state index contributed by atoms with van der Waals surface area (Å²) in [6.07, 6.45) is -0.295. The molecule has 0 radical (unpaired) electrons. The first kappa shape index (κ1) is 17.3. The summed E-state index contributed by atoms with van der Waals surface area (Å²) in [5.41, 5.74) is 2.45. The number of aliphatic hydroxyl groups is 1. The van der Waals surface area contributed by atoms with E-state index in [0.29, 0.717) is 6.04 Å². The van der Waals surface area contributed by atoms with Crippen molar-refractivity contribution in [1.82, 2.24) is 5.32 Å². The predicted molar refractivity (Wildman–Crippen MR) is 87.4 cm³/mol. The maximum absolute atomic E-state index is 9.56. The van der Waals surface area contributed by atoms with Crippen LogP contribution in [0.3, 0.4) is 0 Å². The first-order valence-electron chi connectivity index (χ1n) is 7.13. The van der Waals surface area contributed by atoms with Gasteiger partial charge in [-0.3, -0.25) is 0 Å². The largest absolute Gasteiger partial charge is 0.496 e. The van der Waals surface area contributed by atoms with Gasteiger partial charge in [-0.15, -0.1) is 0 Å². The Morgan fingerprint density at radius 2 is 1.95 bits per heavy atom. The highest BCUT2D eigenvalue weighted by Crippen LogP contribution is 2.27. The van der Waals surface area contributed by atoms with Crippen LogP contribution in [0.1, 0.15) is 38.8 Å². The molecule has 2 unspecified atom stereocenters. The van der Waals surface area contributed by atoms with Gasteiger partial charge >= 0.3 is 0 Å². The third kappa shape index (κ3) is 5.73. The molecule has 1 aromatic carbocycles. The Morgan fingerprint density at radius 1 is 1.25 bits per heavy atom. The zero-order valence-electron chi connectivity index (χ0n) is 13.1. The molecule has 0 fully saturated rings. The van der Waals surface area contributed by atoms with Gasteiger partial charge in [0.15, 0.2) is 0 Å². The number of methoxy groups -OCH3 is 1. The van der Waals surface area contributed by atoms with Crippen molar-refractivity contribution in [2.24, 2.45) is 0 Å². The van der Waals surface area contributed by atoms with Crippen LogP contribution in [0.2, 0.25) is 0 Å². The number of ether oxygens (including phenoxy) is 1. The van der Waals surface area contributed by atoms with E-state index < -0.39 is 0 Å². The monoisotopic (exact) mass is 297 g/mol. The smallest absolute Gasteiger partial charge is 0.122 e. The van der Waals surface area contributed by atoms with Crippen LogP contribution in [0.15, 0.2) is 18.2 Å². The fourth-order valence-electron chi connectivity index (χ4n) is 1.74. The van der Waals surface area contributed by atoms with Gasteiger partial charge in [0.05, 0.1) is 13.2 Å². The Bertz CT molecular complexity index is 407. The summed E-state index contributed by atoms with van der Waals surface area (Å²) in [7, 11) is 1.70. The normalized spacial score (nSPS) is 14.3. The third-order valence-corrected chi connectivity index (χ3v) is 4.64. The SMILES string of the molecule is COc1ccc(CNC(C)C)cc1CSC(C)C(C)O. The molecule has 4 heteroatoms. The molecule has 0 aliphatic rings. The van der Waals surface area contributed by atoms with Crippen LogP contribution >= 0.6 is 11.8 Å². The van der Waals surface area contributed by atoms with E-state index in [2.05, 4.69) is 31.3 Å². The number of thioether (sulfide) groups is 1. The average molecular weight is 297 g/mol. The van der Waals surface area contributed by atoms with Gasteiger partial charge in [0, 0.05) is 29.2 Å². The lowest BCUT2D eigenvalue weighted by Gasteiger charge is -2.16. The minimum Gasteiger partial charge on any atom is -0.496 e. The molecule has 0 spiro atoms. The van der Waals surface area contributed by atoms with E-state index in [0.717, 1.165) is 18.0 Å². The number of benzene rings is 1. The minimum absolute atomic E-state index is 0.220. The van der Waals surface area contributed by atoms with Gasteiger partial charge in [-0.05, 0) is 24.6 Å². The van der Waals surface area contributed by atoms with Crippen LogP contribution in [0.25, 0.3) is 0 Å². The predicted octanol–water partition coefficient (Wildman–Crippen LogP) is 3.20. The van der Waals surface area contributed by atoms with Crippen molar-refractivity contribution in [1.29, 1.82) is 0 Å². The average Bonchev–Trinajstić information content (AvgIpc) is 2.42. The second-order valence-electron chi connectivity index (χ2n) is 5.44. The number of nitrogens with one attached hydrogen (secondary N) is 1. The molecule has 1 rings (SSSR count). The summed E-state index contributed by atoms with van der Waals surface area (Å²) >= 11 is 1.75. The molecular formula is C16H27NO2S. The molecule has 20 heavy (non-hydrogen) atoms. The fraction of sp³-hybridized carbons (Fsp3) is 0.625. The van der Waals surface area contributed by atoms with Gasteiger partial charge in [-0.1, -0.05) is 26.8 Å². The van der Waals surface area contributed by atoms with Crippen molar-refractivity contribution in [3.05, 3.63) is 29.3 Å². The Morgan fingerprint density at radius 3 is 2.50 bits per heavy atom. The summed E-state index contributed by atoms with van der Waals surface area (Å²) in [5, 5.41) is 13.2. The summed E-state index contributed by atoms with van der Waals surface area (Å²) in [5.74, 6) is 1.77. The highest BCUT2D eigenvalue weighted by Gasteiger charge is 2.12. The molecule has 0 aromatic heterocycles. The molecule has 2 N–H and O–H groups in total. The molecule has 0 amide bonds. The van der Waals surface area contributed by atoms with Gasteiger partial charge in [0.1, 0.15) is 5.75 Å². The van der Waals surface area contributed by atoms with E-state index in [1.165, 1.54) is 11.1 Å². The van der Waals surface area contributed by atoms with E-state index in [1.54, 1.807) is 18.9 Å². The van der Waals surface area contributed by atoms with Crippen molar-refractivity contribution in [3.8, 4) is 5.75 Å². The first-order chi connectivity index (χ1) is 9.43. The summed E-state index contributed by atoms with van der Waals surface area (Å²) in [6.45, 7) is 9.03. The summed E-state index contributed by atoms with van der Waals surface area (Å²) in [4.78, 5) is 0. The number of hydrogen-bond acceptors (Lipinski definition) is 4. The molecule has 0 saturated carbocycles. The van der Waals surface area contributed by atoms with E-state index in [9.17, 15) is 5.11 Å². The summed E-state index contributed by atoms with van der Waals surface area (Å²) < 4.78 is 5.42. The lowest BCUT2D eigenvalue weighted by atomic mass is 10.1. The highest BCUT2D eigenvalue weighted by atomic mass is 32.2. The molecule has 0 heterocycles. The quantitative estimate of drug-likeness (QED) is 0.773. The van der Waals surface area contributed by atoms with Crippen LogP contribution in [0, 0.1) is 0 Å². The van der Waals surface area contributed by atoms with E-state index in [1.807, 2.05) is 19.9 Å². The van der Waals surface area contributed by atoms with Crippen LogP contribution < -0.4 is 10.1 Å². The van der Waals surface area contributed by atoms with E-state index >= 15 is 0 Å². The first-order valence-corrected chi connectivity index (χ1v) is 8.17. The highest BCUT2D eigenvalue weighted by molar-refractivity contribution is 7.99. The van der Waals surface area contributed by atoms with Crippen molar-refractivity contribution >= 4 is 11.8 Å². The fourth-order valence-corrected chi connectivity index (χ4v) is 2.68. The van der Waals surface area contributed by atoms with Crippen LogP contribution in [-0.4, -0.2) is 29.6 Å². The van der Waals surface area contributed by atoms with Gasteiger partial charge < -0.3 is 15.2 Å². The van der Waals surface area contributed by atoms with Gasteiger partial charge in [-0.2, -0.15) is 11.8 Å². The molecule has 1 aromatic rings. The second kappa shape index (κ2) is 8.55. The van der Waals surface area contributed by atoms with Crippen LogP contribution in [0.4, 0.5) is 0 Å². The topological polar surface area (TPSA) is 41.5 Å². The number of rotatable bonds is 8. The molecule has 3 nitrogen and oxygen atoms in total. The van der Waals surface area contributed by atoms with Crippen LogP contribution in [0.5, 0.6) is 5.75 Å². The Balaban J connectivity index is 2.73. The Labute approximate surface area is 127 Å². The number of aliphatic hydroxyl groups excluding tert-OH is 1. The maximum Gasteiger partial charge on any atom is 0.122 e. The standard InChI is InChI=1S/C16H27NO2S/c1-11(2)17-9-14-6-7-16(19-5)15(8-14)10-20-13(4)12(3)18/h6-8,11-13,17-18H,9-10H2,1-5H3. The van der Waals surface area contributed by atoms with E-state index in [4.69, 9.17) is 4.74 Å². The minimum atomic E-state index is -0.295. The third-order valence-electron chi connectivity index (χ3n) is 3.24. The van der Waals surface area contributed by atoms with Crippen molar-refractivity contribution in [2.75, 3.05) is 7.11 Å². The second-order valence-corrected chi connectivity index (χ2v) is 6.80. The lowest BCUT2D eigenvalue weighted by Crippen LogP contribution is -2.21. The lowest BCUT2D eigenvalue weighted by molar-refractivity contribution is 0.196. The molecule has 0 bridgehead atoms. The van der Waals surface area contributed by atoms with Gasteiger partial charge in [-0.25, -0.2) is 0 Å². The van der Waals surface area contributed by atoms with Gasteiger partial charge in [0.25, 0.3) is 0 Å². The van der Waals surface area contributed by atoms with Crippen molar-refractivity contribution in [3.63, 3.8) is 0 Å². The maximum atomic E-state index is 9.56. The molecule has 0 aliphatic heterocycles. The molecule has 114 valence electrons.